The van der Waals surface area contributed by atoms with E-state index in [2.05, 4.69) is 5.32 Å². The summed E-state index contributed by atoms with van der Waals surface area (Å²) in [5.41, 5.74) is 0. The lowest BCUT2D eigenvalue weighted by Crippen LogP contribution is -2.39. The van der Waals surface area contributed by atoms with Crippen molar-refractivity contribution >= 4 is 0 Å². The van der Waals surface area contributed by atoms with Gasteiger partial charge in [0.15, 0.2) is 0 Å². The van der Waals surface area contributed by atoms with Gasteiger partial charge in [-0.15, -0.1) is 0 Å². The first-order valence-electron chi connectivity index (χ1n) is 3.21. The Morgan fingerprint density at radius 2 is 2.50 bits per heavy atom. The number of hydrogen-bond acceptors (Lipinski definition) is 2. The first-order valence-corrected chi connectivity index (χ1v) is 2.19. The van der Waals surface area contributed by atoms with Crippen LogP contribution >= 0.6 is 0 Å². The average Bonchev–Trinajstić information content (AvgIpc) is 1.77. The summed E-state index contributed by atoms with van der Waals surface area (Å²) in [5, 5.41) is 4.30. The minimum Gasteiger partial charge on any atom is -0.314 e. The highest BCUT2D eigenvalue weighted by Gasteiger charge is 1.91. The van der Waals surface area contributed by atoms with Crippen LogP contribution in [0.5, 0.6) is 0 Å². The lowest BCUT2D eigenvalue weighted by atomic mass is 10.4. The van der Waals surface area contributed by atoms with Crippen LogP contribution < -0.4 is 10.6 Å². The molecular weight excluding hydrogens is 76.1 g/mol. The van der Waals surface area contributed by atoms with Gasteiger partial charge in [-0.25, -0.2) is 0 Å². The first kappa shape index (κ1) is 2.28. The molecule has 2 heteroatoms. The maximum atomic E-state index is 7.15. The van der Waals surface area contributed by atoms with Crippen LogP contribution in [0.4, 0.5) is 0 Å². The molecular formula is C4H10N2. The van der Waals surface area contributed by atoms with Gasteiger partial charge in [0.05, 0.1) is 0 Å². The summed E-state index contributed by atoms with van der Waals surface area (Å²) in [6, 6.07) is 0. The van der Waals surface area contributed by atoms with Crippen molar-refractivity contribution in [1.82, 2.24) is 10.6 Å². The zero-order valence-corrected chi connectivity index (χ0v) is 3.65. The predicted octanol–water partition coefficient (Wildman–Crippen LogP) is -0.821. The fourth-order valence-electron chi connectivity index (χ4n) is 0.466. The molecule has 1 unspecified atom stereocenters. The van der Waals surface area contributed by atoms with Crippen molar-refractivity contribution in [2.75, 3.05) is 26.2 Å². The Labute approximate surface area is 40.8 Å². The molecule has 6 heavy (non-hydrogen) atoms. The molecule has 0 amide bonds. The Morgan fingerprint density at radius 3 is 3.00 bits per heavy atom. The standard InChI is InChI=1S/C4H10N2/c1-2-6-4-3-5-1/h5-6H,1-4H2/i1D/hD. The molecule has 0 saturated carbocycles. The Kier molecular flexibility index (Phi) is 0.821. The van der Waals surface area contributed by atoms with Crippen LogP contribution in [0.2, 0.25) is 1.41 Å². The lowest BCUT2D eigenvalue weighted by molar-refractivity contribution is 0.534. The van der Waals surface area contributed by atoms with Crippen molar-refractivity contribution < 1.29 is 2.78 Å². The molecule has 2 nitrogen and oxygen atoms in total. The van der Waals surface area contributed by atoms with Crippen molar-refractivity contribution in [2.24, 2.45) is 0 Å². The van der Waals surface area contributed by atoms with E-state index in [0.717, 1.165) is 6.54 Å². The molecule has 2 N–H and O–H groups in total. The van der Waals surface area contributed by atoms with E-state index < -0.39 is 0 Å². The van der Waals surface area contributed by atoms with Crippen molar-refractivity contribution in [3.63, 3.8) is 0 Å². The number of nitrogens with one attached hydrogen (secondary N) is 2. The molecule has 0 spiro atoms. The van der Waals surface area contributed by atoms with Gasteiger partial charge < -0.3 is 10.6 Å². The van der Waals surface area contributed by atoms with E-state index in [0.29, 0.717) is 13.1 Å². The number of piperazine rings is 1. The normalized spacial score (nSPS) is 44.3. The van der Waals surface area contributed by atoms with E-state index >= 15 is 0 Å². The van der Waals surface area contributed by atoms with Gasteiger partial charge in [0, 0.05) is 27.5 Å². The molecule has 0 aromatic heterocycles. The van der Waals surface area contributed by atoms with Gasteiger partial charge in [0.25, 0.3) is 0 Å². The molecule has 1 aliphatic rings. The SMILES string of the molecule is [2H]C1CNCCN1[2H]. The summed E-state index contributed by atoms with van der Waals surface area (Å²) in [7, 11) is 0. The summed E-state index contributed by atoms with van der Waals surface area (Å²) in [6.45, 7) is 1.79. The van der Waals surface area contributed by atoms with E-state index in [1.807, 2.05) is 0 Å². The molecule has 1 rings (SSSR count). The third kappa shape index (κ3) is 0.954. The molecule has 1 saturated heterocycles. The maximum absolute atomic E-state index is 7.15. The highest BCUT2D eigenvalue weighted by molar-refractivity contribution is 4.59. The Morgan fingerprint density at radius 1 is 1.50 bits per heavy atom. The Hall–Kier alpha value is -0.0800. The third-order valence-corrected chi connectivity index (χ3v) is 0.782. The Balaban J connectivity index is 2.28. The summed E-state index contributed by atoms with van der Waals surface area (Å²) in [5.74, 6) is 0. The van der Waals surface area contributed by atoms with E-state index in [-0.39, 0.29) is 6.52 Å². The first-order chi connectivity index (χ1) is 3.80. The van der Waals surface area contributed by atoms with Crippen molar-refractivity contribution in [3.05, 3.63) is 0 Å². The molecule has 0 bridgehead atoms. The second-order valence-corrected chi connectivity index (χ2v) is 1.29. The minimum absolute atomic E-state index is 0.358. The molecule has 1 aliphatic heterocycles. The lowest BCUT2D eigenvalue weighted by Gasteiger charge is -2.11. The van der Waals surface area contributed by atoms with Crippen LogP contribution in [-0.2, 0) is 0 Å². The minimum atomic E-state index is -0.358. The Bertz CT molecular complexity index is 68.4. The second kappa shape index (κ2) is 2.16. The zero-order valence-electron chi connectivity index (χ0n) is 5.65. The van der Waals surface area contributed by atoms with E-state index in [1.165, 1.54) is 5.31 Å². The van der Waals surface area contributed by atoms with Gasteiger partial charge in [0.2, 0.25) is 0 Å². The van der Waals surface area contributed by atoms with Crippen molar-refractivity contribution in [3.8, 4) is 0 Å². The fourth-order valence-corrected chi connectivity index (χ4v) is 0.466. The molecule has 1 fully saturated rings. The van der Waals surface area contributed by atoms with Crippen LogP contribution in [-0.4, -0.2) is 26.2 Å². The smallest absolute Gasteiger partial charge is 0.122 e. The van der Waals surface area contributed by atoms with Gasteiger partial charge in [0.1, 0.15) is 1.41 Å². The zero-order chi connectivity index (χ0) is 5.98. The summed E-state index contributed by atoms with van der Waals surface area (Å²) in [6.07, 6.45) is 0. The fraction of sp³-hybridized carbons (Fsp3) is 1.00. The number of rotatable bonds is 0. The van der Waals surface area contributed by atoms with Crippen molar-refractivity contribution in [2.45, 2.75) is 0 Å². The molecule has 0 radical (unpaired) electrons. The monoisotopic (exact) mass is 88.1 g/mol. The third-order valence-electron chi connectivity index (χ3n) is 0.782. The summed E-state index contributed by atoms with van der Waals surface area (Å²) >= 11 is 0. The molecule has 0 aromatic rings. The van der Waals surface area contributed by atoms with Crippen LogP contribution in [0.25, 0.3) is 0 Å². The number of hydrogen-bond donors (Lipinski definition) is 2. The van der Waals surface area contributed by atoms with Gasteiger partial charge in [-0.1, -0.05) is 0 Å². The topological polar surface area (TPSA) is 24.1 Å². The molecule has 36 valence electrons. The van der Waals surface area contributed by atoms with Gasteiger partial charge >= 0.3 is 0 Å². The predicted molar refractivity (Wildman–Crippen MR) is 25.7 cm³/mol. The molecule has 1 heterocycles. The average molecular weight is 88.2 g/mol. The van der Waals surface area contributed by atoms with Crippen LogP contribution in [0.15, 0.2) is 0 Å². The highest BCUT2D eigenvalue weighted by Crippen LogP contribution is 1.65. The van der Waals surface area contributed by atoms with Gasteiger partial charge in [-0.3, -0.25) is 0 Å². The van der Waals surface area contributed by atoms with E-state index in [1.54, 1.807) is 0 Å². The summed E-state index contributed by atoms with van der Waals surface area (Å²) < 4.78 is 14.2. The molecule has 0 aromatic carbocycles. The highest BCUT2D eigenvalue weighted by atomic mass is 15.0. The van der Waals surface area contributed by atoms with Gasteiger partial charge in [-0.2, -0.15) is 0 Å². The largest absolute Gasteiger partial charge is 0.314 e. The molecule has 1 atom stereocenters. The van der Waals surface area contributed by atoms with Crippen LogP contribution in [0.1, 0.15) is 1.37 Å². The van der Waals surface area contributed by atoms with Crippen molar-refractivity contribution in [1.29, 1.82) is 0 Å². The van der Waals surface area contributed by atoms with Crippen LogP contribution in [0, 0.1) is 0 Å². The maximum Gasteiger partial charge on any atom is 0.122 e. The van der Waals surface area contributed by atoms with Crippen LogP contribution in [0.3, 0.4) is 0 Å². The van der Waals surface area contributed by atoms with Gasteiger partial charge in [-0.05, 0) is 0 Å². The molecule has 0 aliphatic carbocycles. The second-order valence-electron chi connectivity index (χ2n) is 1.29. The quantitative estimate of drug-likeness (QED) is 0.404. The summed E-state index contributed by atoms with van der Waals surface area (Å²) in [4.78, 5) is 0. The van der Waals surface area contributed by atoms with E-state index in [9.17, 15) is 0 Å². The van der Waals surface area contributed by atoms with E-state index in [4.69, 9.17) is 2.78 Å².